The lowest BCUT2D eigenvalue weighted by Crippen LogP contribution is -2.30. The van der Waals surface area contributed by atoms with Crippen LogP contribution in [0.2, 0.25) is 0 Å². The van der Waals surface area contributed by atoms with Crippen molar-refractivity contribution in [2.45, 2.75) is 6.92 Å². The van der Waals surface area contributed by atoms with Crippen LogP contribution in [0.4, 0.5) is 14.6 Å². The number of halogens is 2. The van der Waals surface area contributed by atoms with Crippen molar-refractivity contribution in [3.63, 3.8) is 0 Å². The first-order valence-electron chi connectivity index (χ1n) is 6.84. The molecule has 120 valence electrons. The highest BCUT2D eigenvalue weighted by Crippen LogP contribution is 2.15. The van der Waals surface area contributed by atoms with E-state index in [1.165, 1.54) is 0 Å². The summed E-state index contributed by atoms with van der Waals surface area (Å²) in [6, 6.07) is 5.11. The number of carbonyl (C=O) groups is 1. The van der Waals surface area contributed by atoms with Gasteiger partial charge < -0.3 is 10.6 Å². The van der Waals surface area contributed by atoms with Crippen molar-refractivity contribution in [2.75, 3.05) is 18.4 Å². The van der Waals surface area contributed by atoms with Gasteiger partial charge in [-0.15, -0.1) is 0 Å². The van der Waals surface area contributed by atoms with Crippen molar-refractivity contribution in [1.82, 2.24) is 15.1 Å². The minimum atomic E-state index is -1.06. The highest BCUT2D eigenvalue weighted by atomic mass is 19.1. The number of aromatic nitrogens is 2. The normalized spacial score (nSPS) is 10.2. The van der Waals surface area contributed by atoms with Crippen molar-refractivity contribution in [2.24, 2.45) is 7.05 Å². The molecule has 2 rings (SSSR count). The molecule has 23 heavy (non-hydrogen) atoms. The molecule has 0 aliphatic rings. The van der Waals surface area contributed by atoms with Crippen LogP contribution >= 0.6 is 0 Å². The van der Waals surface area contributed by atoms with E-state index >= 15 is 0 Å². The van der Waals surface area contributed by atoms with Crippen molar-refractivity contribution < 1.29 is 13.6 Å². The lowest BCUT2D eigenvalue weighted by molar-refractivity contribution is 0.0946. The average Bonchev–Trinajstić information content (AvgIpc) is 2.80. The molecule has 6 nitrogen and oxygen atoms in total. The number of hydrogen-bond acceptors (Lipinski definition) is 4. The smallest absolute Gasteiger partial charge is 0.257 e. The first kappa shape index (κ1) is 16.4. The van der Waals surface area contributed by atoms with Crippen LogP contribution in [0.5, 0.6) is 0 Å². The molecule has 1 amide bonds. The summed E-state index contributed by atoms with van der Waals surface area (Å²) in [7, 11) is 1.77. The van der Waals surface area contributed by atoms with Gasteiger partial charge in [-0.05, 0) is 19.1 Å². The van der Waals surface area contributed by atoms with Crippen LogP contribution in [0.1, 0.15) is 21.6 Å². The summed E-state index contributed by atoms with van der Waals surface area (Å²) in [5.41, 5.74) is -0.0223. The molecule has 2 aromatic rings. The first-order valence-corrected chi connectivity index (χ1v) is 6.84. The molecule has 0 saturated carbocycles. The molecule has 1 aromatic heterocycles. The Balaban J connectivity index is 1.93. The summed E-state index contributed by atoms with van der Waals surface area (Å²) >= 11 is 0. The third-order valence-corrected chi connectivity index (χ3v) is 3.12. The van der Waals surface area contributed by atoms with Crippen LogP contribution in [-0.4, -0.2) is 28.8 Å². The number of carbonyl (C=O) groups excluding carboxylic acids is 1. The lowest BCUT2D eigenvalue weighted by Gasteiger charge is -2.09. The monoisotopic (exact) mass is 319 g/mol. The van der Waals surface area contributed by atoms with Gasteiger partial charge in [-0.2, -0.15) is 10.4 Å². The van der Waals surface area contributed by atoms with Crippen molar-refractivity contribution in [3.05, 3.63) is 46.7 Å². The van der Waals surface area contributed by atoms with E-state index in [1.807, 2.05) is 13.0 Å². The van der Waals surface area contributed by atoms with E-state index in [0.717, 1.165) is 23.6 Å². The molecule has 0 aliphatic carbocycles. The zero-order valence-corrected chi connectivity index (χ0v) is 12.7. The Morgan fingerprint density at radius 2 is 1.96 bits per heavy atom. The molecule has 2 N–H and O–H groups in total. The number of nitrogens with zero attached hydrogens (tertiary/aromatic N) is 3. The second kappa shape index (κ2) is 6.87. The molecule has 0 spiro atoms. The largest absolute Gasteiger partial charge is 0.369 e. The third-order valence-electron chi connectivity index (χ3n) is 3.12. The van der Waals surface area contributed by atoms with E-state index in [-0.39, 0.29) is 12.1 Å². The molecule has 0 saturated heterocycles. The molecule has 0 radical (unpaired) electrons. The second-order valence-corrected chi connectivity index (χ2v) is 4.90. The molecule has 1 heterocycles. The summed E-state index contributed by atoms with van der Waals surface area (Å²) in [4.78, 5) is 11.8. The molecular formula is C15H15F2N5O. The van der Waals surface area contributed by atoms with Crippen molar-refractivity contribution in [3.8, 4) is 6.07 Å². The maximum atomic E-state index is 13.7. The summed E-state index contributed by atoms with van der Waals surface area (Å²) in [5.74, 6) is -2.22. The maximum absolute atomic E-state index is 13.7. The Morgan fingerprint density at radius 1 is 1.30 bits per heavy atom. The number of amides is 1. The van der Waals surface area contributed by atoms with Crippen LogP contribution in [0.15, 0.2) is 18.2 Å². The number of aryl methyl sites for hydroxylation is 2. The summed E-state index contributed by atoms with van der Waals surface area (Å²) in [6.45, 7) is 2.38. The topological polar surface area (TPSA) is 82.7 Å². The summed E-state index contributed by atoms with van der Waals surface area (Å²) < 4.78 is 29.0. The second-order valence-electron chi connectivity index (χ2n) is 4.90. The fraction of sp³-hybridized carbons (Fsp3) is 0.267. The average molecular weight is 319 g/mol. The predicted octanol–water partition coefficient (Wildman–Crippen LogP) is 1.72. The Labute approximate surface area is 131 Å². The molecule has 0 atom stereocenters. The zero-order chi connectivity index (χ0) is 17.0. The molecule has 1 aromatic carbocycles. The number of rotatable bonds is 5. The quantitative estimate of drug-likeness (QED) is 0.822. The van der Waals surface area contributed by atoms with Crippen molar-refractivity contribution in [1.29, 1.82) is 5.26 Å². The van der Waals surface area contributed by atoms with Gasteiger partial charge in [0.25, 0.3) is 5.91 Å². The predicted molar refractivity (Wildman–Crippen MR) is 79.8 cm³/mol. The summed E-state index contributed by atoms with van der Waals surface area (Å²) in [6.07, 6.45) is 0. The van der Waals surface area contributed by atoms with Crippen LogP contribution < -0.4 is 10.6 Å². The van der Waals surface area contributed by atoms with Crippen molar-refractivity contribution >= 4 is 11.7 Å². The SMILES string of the molecule is Cc1cc(NCCNC(=O)c2c(F)cc(C#N)cc2F)n(C)n1. The minimum absolute atomic E-state index is 0.169. The van der Waals surface area contributed by atoms with E-state index in [2.05, 4.69) is 15.7 Å². The highest BCUT2D eigenvalue weighted by Gasteiger charge is 2.18. The van der Waals surface area contributed by atoms with Gasteiger partial charge in [0.1, 0.15) is 23.0 Å². The third kappa shape index (κ3) is 3.83. The Morgan fingerprint density at radius 3 is 2.48 bits per heavy atom. The van der Waals surface area contributed by atoms with E-state index < -0.39 is 23.1 Å². The van der Waals surface area contributed by atoms with E-state index in [0.29, 0.717) is 6.54 Å². The van der Waals surface area contributed by atoms with Gasteiger partial charge in [0.15, 0.2) is 0 Å². The van der Waals surface area contributed by atoms with E-state index in [1.54, 1.807) is 17.8 Å². The Hall–Kier alpha value is -2.95. The van der Waals surface area contributed by atoms with Crippen LogP contribution in [0, 0.1) is 29.9 Å². The van der Waals surface area contributed by atoms with E-state index in [4.69, 9.17) is 5.26 Å². The van der Waals surface area contributed by atoms with Gasteiger partial charge in [0, 0.05) is 26.2 Å². The van der Waals surface area contributed by atoms with Gasteiger partial charge in [-0.3, -0.25) is 9.48 Å². The van der Waals surface area contributed by atoms with Crippen LogP contribution in [0.3, 0.4) is 0 Å². The molecule has 0 bridgehead atoms. The van der Waals surface area contributed by atoms with Gasteiger partial charge in [-0.25, -0.2) is 8.78 Å². The molecule has 0 aliphatic heterocycles. The minimum Gasteiger partial charge on any atom is -0.369 e. The summed E-state index contributed by atoms with van der Waals surface area (Å²) in [5, 5.41) is 18.2. The Bertz CT molecular complexity index is 756. The van der Waals surface area contributed by atoms with Gasteiger partial charge >= 0.3 is 0 Å². The van der Waals surface area contributed by atoms with Gasteiger partial charge in [-0.1, -0.05) is 0 Å². The van der Waals surface area contributed by atoms with Crippen LogP contribution in [0.25, 0.3) is 0 Å². The fourth-order valence-corrected chi connectivity index (χ4v) is 2.09. The molecule has 8 heteroatoms. The van der Waals surface area contributed by atoms with E-state index in [9.17, 15) is 13.6 Å². The zero-order valence-electron chi connectivity index (χ0n) is 12.7. The lowest BCUT2D eigenvalue weighted by atomic mass is 10.1. The number of nitriles is 1. The van der Waals surface area contributed by atoms with Gasteiger partial charge in [0.2, 0.25) is 0 Å². The molecular weight excluding hydrogens is 304 g/mol. The van der Waals surface area contributed by atoms with Gasteiger partial charge in [0.05, 0.1) is 17.3 Å². The molecule has 0 fully saturated rings. The maximum Gasteiger partial charge on any atom is 0.257 e. The standard InChI is InChI=1S/C15H15F2N5O/c1-9-5-13(22(2)21-9)19-3-4-20-15(23)14-11(16)6-10(8-18)7-12(14)17/h5-7,19H,3-4H2,1-2H3,(H,20,23). The first-order chi connectivity index (χ1) is 10.9. The molecule has 0 unspecified atom stereocenters. The Kier molecular flexibility index (Phi) is 4.91. The number of anilines is 1. The number of benzene rings is 1. The number of hydrogen-bond donors (Lipinski definition) is 2. The number of nitrogens with one attached hydrogen (secondary N) is 2. The fourth-order valence-electron chi connectivity index (χ4n) is 2.09. The highest BCUT2D eigenvalue weighted by molar-refractivity contribution is 5.94. The van der Waals surface area contributed by atoms with Crippen LogP contribution in [-0.2, 0) is 7.05 Å².